The lowest BCUT2D eigenvalue weighted by Gasteiger charge is -2.49. The van der Waals surface area contributed by atoms with Gasteiger partial charge in [-0.1, -0.05) is 29.8 Å². The lowest BCUT2D eigenvalue weighted by Crippen LogP contribution is -2.56. The summed E-state index contributed by atoms with van der Waals surface area (Å²) in [6.07, 6.45) is 1.77. The maximum Gasteiger partial charge on any atom is 0.243 e. The number of sulfonamides is 1. The minimum absolute atomic E-state index is 0.169. The molecule has 0 radical (unpaired) electrons. The molecule has 5 rings (SSSR count). The molecule has 2 aromatic carbocycles. The first-order valence-electron chi connectivity index (χ1n) is 9.18. The van der Waals surface area contributed by atoms with Gasteiger partial charge in [-0.15, -0.1) is 0 Å². The van der Waals surface area contributed by atoms with Crippen LogP contribution in [-0.4, -0.2) is 31.7 Å². The molecular formula is C21H23NO4S. The van der Waals surface area contributed by atoms with Gasteiger partial charge in [0.15, 0.2) is 0 Å². The Morgan fingerprint density at radius 2 is 1.67 bits per heavy atom. The fraction of sp³-hybridized carbons (Fsp3) is 0.381. The average Bonchev–Trinajstić information content (AvgIpc) is 2.68. The van der Waals surface area contributed by atoms with Gasteiger partial charge < -0.3 is 4.74 Å². The predicted molar refractivity (Wildman–Crippen MR) is 102 cm³/mol. The van der Waals surface area contributed by atoms with E-state index in [4.69, 9.17) is 4.74 Å². The van der Waals surface area contributed by atoms with Crippen LogP contribution in [-0.2, 0) is 14.8 Å². The van der Waals surface area contributed by atoms with E-state index in [1.165, 1.54) is 0 Å². The Kier molecular flexibility index (Phi) is 4.56. The van der Waals surface area contributed by atoms with Gasteiger partial charge in [-0.2, -0.15) is 4.31 Å². The van der Waals surface area contributed by atoms with Crippen molar-refractivity contribution in [3.63, 3.8) is 0 Å². The van der Waals surface area contributed by atoms with Gasteiger partial charge in [0.2, 0.25) is 10.0 Å². The highest BCUT2D eigenvalue weighted by molar-refractivity contribution is 7.89. The lowest BCUT2D eigenvalue weighted by molar-refractivity contribution is -0.133. The number of carbonyl (C=O) groups is 1. The zero-order valence-electron chi connectivity index (χ0n) is 15.5. The van der Waals surface area contributed by atoms with Crippen molar-refractivity contribution >= 4 is 15.8 Å². The second-order valence-corrected chi connectivity index (χ2v) is 9.22. The van der Waals surface area contributed by atoms with E-state index in [-0.39, 0.29) is 22.6 Å². The SMILES string of the molecule is COc1ccc([C@H]2[C@@H]3CC[C@@H](CC3=O)N2S(=O)(=O)c2ccc(C)cc2)cc1. The zero-order valence-corrected chi connectivity index (χ0v) is 16.3. The normalized spacial score (nSPS) is 25.6. The first-order valence-corrected chi connectivity index (χ1v) is 10.6. The van der Waals surface area contributed by atoms with Crippen LogP contribution in [0.5, 0.6) is 5.75 Å². The number of hydrogen-bond donors (Lipinski definition) is 0. The molecule has 6 heteroatoms. The lowest BCUT2D eigenvalue weighted by atomic mass is 9.73. The highest BCUT2D eigenvalue weighted by Gasteiger charge is 2.52. The molecule has 1 saturated carbocycles. The quantitative estimate of drug-likeness (QED) is 0.808. The number of piperidine rings is 2. The summed E-state index contributed by atoms with van der Waals surface area (Å²) in [5, 5.41) is 0. The number of ketones is 1. The molecule has 0 spiro atoms. The number of methoxy groups -OCH3 is 1. The van der Waals surface area contributed by atoms with Crippen molar-refractivity contribution in [2.75, 3.05) is 7.11 Å². The van der Waals surface area contributed by atoms with Crippen LogP contribution in [0.15, 0.2) is 53.4 Å². The molecule has 1 aliphatic carbocycles. The summed E-state index contributed by atoms with van der Waals surface area (Å²) in [6.45, 7) is 1.93. The molecule has 27 heavy (non-hydrogen) atoms. The van der Waals surface area contributed by atoms with Crippen LogP contribution >= 0.6 is 0 Å². The Morgan fingerprint density at radius 3 is 2.26 bits per heavy atom. The van der Waals surface area contributed by atoms with E-state index in [9.17, 15) is 13.2 Å². The van der Waals surface area contributed by atoms with Crippen LogP contribution in [0.4, 0.5) is 0 Å². The van der Waals surface area contributed by atoms with Crippen molar-refractivity contribution in [3.05, 3.63) is 59.7 Å². The van der Waals surface area contributed by atoms with E-state index in [0.29, 0.717) is 12.2 Å². The van der Waals surface area contributed by atoms with Crippen LogP contribution in [0.2, 0.25) is 0 Å². The minimum atomic E-state index is -3.70. The number of fused-ring (bicyclic) bond motifs is 3. The summed E-state index contributed by atoms with van der Waals surface area (Å²) in [6, 6.07) is 13.6. The zero-order chi connectivity index (χ0) is 19.2. The number of rotatable bonds is 4. The van der Waals surface area contributed by atoms with E-state index >= 15 is 0 Å². The summed E-state index contributed by atoms with van der Waals surface area (Å²) in [5.41, 5.74) is 1.85. The number of Topliss-reactive ketones (excluding diaryl/α,β-unsaturated/α-hetero) is 1. The third-order valence-electron chi connectivity index (χ3n) is 5.73. The second-order valence-electron chi connectivity index (χ2n) is 7.37. The third kappa shape index (κ3) is 3.07. The molecule has 3 atom stereocenters. The van der Waals surface area contributed by atoms with Crippen LogP contribution in [0.1, 0.15) is 36.4 Å². The van der Waals surface area contributed by atoms with Crippen molar-refractivity contribution in [1.29, 1.82) is 0 Å². The molecule has 5 nitrogen and oxygen atoms in total. The van der Waals surface area contributed by atoms with Gasteiger partial charge >= 0.3 is 0 Å². The molecule has 0 amide bonds. The molecule has 0 N–H and O–H groups in total. The van der Waals surface area contributed by atoms with Crippen molar-refractivity contribution in [3.8, 4) is 5.75 Å². The van der Waals surface area contributed by atoms with Gasteiger partial charge in [0.25, 0.3) is 0 Å². The molecule has 2 heterocycles. The standard InChI is InChI=1S/C21H23NO4S/c1-14-3-10-18(11-4-14)27(24,25)22-16-7-12-19(20(23)13-16)21(22)15-5-8-17(26-2)9-6-15/h3-6,8-11,16,19,21H,7,12-13H2,1-2H3/t16-,19+,21-/m0/s1. The van der Waals surface area contributed by atoms with Crippen LogP contribution in [0, 0.1) is 12.8 Å². The minimum Gasteiger partial charge on any atom is -0.497 e. The van der Waals surface area contributed by atoms with Crippen molar-refractivity contribution < 1.29 is 17.9 Å². The van der Waals surface area contributed by atoms with Crippen LogP contribution < -0.4 is 4.74 Å². The third-order valence-corrected chi connectivity index (χ3v) is 7.68. The topological polar surface area (TPSA) is 63.7 Å². The Hall–Kier alpha value is -2.18. The maximum atomic E-state index is 13.5. The fourth-order valence-corrected chi connectivity index (χ4v) is 6.20. The number of nitrogens with zero attached hydrogens (tertiary/aromatic N) is 1. The predicted octanol–water partition coefficient (Wildman–Crippen LogP) is 3.49. The Labute approximate surface area is 160 Å². The van der Waals surface area contributed by atoms with Gasteiger partial charge in [-0.05, 0) is 49.6 Å². The molecule has 2 aromatic rings. The molecule has 2 bridgehead atoms. The van der Waals surface area contributed by atoms with Gasteiger partial charge in [0, 0.05) is 18.4 Å². The first kappa shape index (κ1) is 18.2. The average molecular weight is 385 g/mol. The molecule has 3 aliphatic rings. The van der Waals surface area contributed by atoms with Gasteiger partial charge in [-0.3, -0.25) is 4.79 Å². The van der Waals surface area contributed by atoms with Crippen LogP contribution in [0.3, 0.4) is 0 Å². The monoisotopic (exact) mass is 385 g/mol. The Balaban J connectivity index is 1.80. The molecule has 0 aromatic heterocycles. The number of carbonyl (C=O) groups excluding carboxylic acids is 1. The largest absolute Gasteiger partial charge is 0.497 e. The van der Waals surface area contributed by atoms with Crippen LogP contribution in [0.25, 0.3) is 0 Å². The molecule has 2 aliphatic heterocycles. The van der Waals surface area contributed by atoms with E-state index in [2.05, 4.69) is 0 Å². The number of benzene rings is 2. The van der Waals surface area contributed by atoms with E-state index in [1.54, 1.807) is 23.5 Å². The Bertz CT molecular complexity index is 951. The van der Waals surface area contributed by atoms with Gasteiger partial charge in [0.1, 0.15) is 11.5 Å². The fourth-order valence-electron chi connectivity index (χ4n) is 4.33. The summed E-state index contributed by atoms with van der Waals surface area (Å²) in [4.78, 5) is 12.9. The van der Waals surface area contributed by atoms with E-state index in [0.717, 1.165) is 24.0 Å². The maximum absolute atomic E-state index is 13.5. The van der Waals surface area contributed by atoms with E-state index in [1.807, 2.05) is 43.3 Å². The highest BCUT2D eigenvalue weighted by atomic mass is 32.2. The number of hydrogen-bond acceptors (Lipinski definition) is 4. The number of ether oxygens (including phenoxy) is 1. The summed E-state index contributed by atoms with van der Waals surface area (Å²) < 4.78 is 33.8. The molecule has 142 valence electrons. The molecule has 0 unspecified atom stereocenters. The Morgan fingerprint density at radius 1 is 1.00 bits per heavy atom. The van der Waals surface area contributed by atoms with Crippen molar-refractivity contribution in [2.24, 2.45) is 5.92 Å². The van der Waals surface area contributed by atoms with Gasteiger partial charge in [0.05, 0.1) is 18.0 Å². The van der Waals surface area contributed by atoms with Crippen molar-refractivity contribution in [2.45, 2.75) is 43.2 Å². The summed E-state index contributed by atoms with van der Waals surface area (Å²) in [7, 11) is -2.10. The van der Waals surface area contributed by atoms with Crippen molar-refractivity contribution in [1.82, 2.24) is 4.31 Å². The molecular weight excluding hydrogens is 362 g/mol. The van der Waals surface area contributed by atoms with E-state index < -0.39 is 16.1 Å². The van der Waals surface area contributed by atoms with Gasteiger partial charge in [-0.25, -0.2) is 8.42 Å². The smallest absolute Gasteiger partial charge is 0.243 e. The molecule has 2 saturated heterocycles. The summed E-state index contributed by atoms with van der Waals surface area (Å²) >= 11 is 0. The summed E-state index contributed by atoms with van der Waals surface area (Å²) in [5.74, 6) is 0.588. The number of aryl methyl sites for hydroxylation is 1. The highest BCUT2D eigenvalue weighted by Crippen LogP contribution is 2.48. The first-order chi connectivity index (χ1) is 12.9. The molecule has 3 fully saturated rings. The second kappa shape index (κ2) is 6.77.